The summed E-state index contributed by atoms with van der Waals surface area (Å²) in [5.74, 6) is -0.779. The van der Waals surface area contributed by atoms with E-state index in [2.05, 4.69) is 20.6 Å². The molecule has 2 aromatic heterocycles. The number of carbonyl (C=O) groups is 1. The van der Waals surface area contributed by atoms with Gasteiger partial charge in [0.15, 0.2) is 0 Å². The van der Waals surface area contributed by atoms with Crippen LogP contribution in [-0.2, 0) is 24.6 Å². The fraction of sp³-hybridized carbons (Fsp3) is 0.286. The molecule has 0 aliphatic rings. The Hall–Kier alpha value is -3.76. The number of hydrogen-bond acceptors (Lipinski definition) is 5. The van der Waals surface area contributed by atoms with Crippen LogP contribution in [0.4, 0.5) is 18.9 Å². The summed E-state index contributed by atoms with van der Waals surface area (Å²) < 4.78 is 40.4. The molecule has 0 bridgehead atoms. The van der Waals surface area contributed by atoms with Gasteiger partial charge in [-0.1, -0.05) is 13.8 Å². The number of rotatable bonds is 4. The topological polar surface area (TPSA) is 94.7 Å². The molecule has 0 fully saturated rings. The van der Waals surface area contributed by atoms with Gasteiger partial charge >= 0.3 is 6.18 Å². The van der Waals surface area contributed by atoms with Gasteiger partial charge in [-0.25, -0.2) is 4.68 Å². The molecule has 0 saturated heterocycles. The minimum absolute atomic E-state index is 0.0745. The average Bonchev–Trinajstić information content (AvgIpc) is 3.08. The number of anilines is 1. The molecular weight excluding hydrogens is 425 g/mol. The predicted octanol–water partition coefficient (Wildman–Crippen LogP) is 3.46. The molecule has 4 aromatic rings. The summed E-state index contributed by atoms with van der Waals surface area (Å²) in [6.07, 6.45) is -4.54. The van der Waals surface area contributed by atoms with Gasteiger partial charge in [0.1, 0.15) is 17.6 Å². The first-order valence-electron chi connectivity index (χ1n) is 9.76. The minimum atomic E-state index is -4.54. The van der Waals surface area contributed by atoms with E-state index in [-0.39, 0.29) is 16.7 Å². The van der Waals surface area contributed by atoms with Crippen LogP contribution in [0.3, 0.4) is 0 Å². The van der Waals surface area contributed by atoms with Gasteiger partial charge in [0.05, 0.1) is 16.6 Å². The maximum atomic E-state index is 13.1. The lowest BCUT2D eigenvalue weighted by molar-refractivity contribution is -0.137. The number of benzene rings is 2. The Morgan fingerprint density at radius 2 is 1.75 bits per heavy atom. The molecule has 166 valence electrons. The van der Waals surface area contributed by atoms with Crippen molar-refractivity contribution < 1.29 is 18.0 Å². The molecule has 1 amide bonds. The maximum Gasteiger partial charge on any atom is 0.416 e. The highest BCUT2D eigenvalue weighted by Crippen LogP contribution is 2.32. The molecule has 1 N–H and O–H groups in total. The average molecular weight is 444 g/mol. The third kappa shape index (κ3) is 4.05. The highest BCUT2D eigenvalue weighted by atomic mass is 19.4. The van der Waals surface area contributed by atoms with Crippen LogP contribution in [0.25, 0.3) is 21.8 Å². The van der Waals surface area contributed by atoms with Gasteiger partial charge in [-0.2, -0.15) is 33.3 Å². The second kappa shape index (κ2) is 7.74. The summed E-state index contributed by atoms with van der Waals surface area (Å²) in [5.41, 5.74) is 0.530. The third-order valence-corrected chi connectivity index (χ3v) is 4.92. The molecule has 4 rings (SSSR count). The molecular formula is C21H19F3N6O2. The van der Waals surface area contributed by atoms with Crippen LogP contribution in [0.5, 0.6) is 0 Å². The Balaban J connectivity index is 1.67. The summed E-state index contributed by atoms with van der Waals surface area (Å²) in [6, 6.07) is 7.92. The molecule has 8 nitrogen and oxygen atoms in total. The number of fused-ring (bicyclic) bond motifs is 2. The van der Waals surface area contributed by atoms with Gasteiger partial charge in [-0.15, -0.1) is 0 Å². The molecule has 0 unspecified atom stereocenters. The van der Waals surface area contributed by atoms with Gasteiger partial charge < -0.3 is 5.32 Å². The van der Waals surface area contributed by atoms with Crippen molar-refractivity contribution in [3.05, 3.63) is 58.0 Å². The van der Waals surface area contributed by atoms with Crippen LogP contribution in [-0.4, -0.2) is 30.7 Å². The van der Waals surface area contributed by atoms with Crippen LogP contribution in [0, 0.1) is 0 Å². The third-order valence-electron chi connectivity index (χ3n) is 4.92. The number of hydrogen-bond donors (Lipinski definition) is 1. The summed E-state index contributed by atoms with van der Waals surface area (Å²) >= 11 is 0. The van der Waals surface area contributed by atoms with E-state index in [1.54, 1.807) is 39.1 Å². The van der Waals surface area contributed by atoms with E-state index in [4.69, 9.17) is 0 Å². The lowest BCUT2D eigenvalue weighted by atomic mass is 10.0. The smallest absolute Gasteiger partial charge is 0.324 e. The number of amides is 1. The van der Waals surface area contributed by atoms with E-state index in [0.29, 0.717) is 22.4 Å². The maximum absolute atomic E-state index is 13.1. The van der Waals surface area contributed by atoms with Crippen molar-refractivity contribution >= 4 is 33.4 Å². The first-order valence-corrected chi connectivity index (χ1v) is 9.76. The molecule has 11 heteroatoms. The summed E-state index contributed by atoms with van der Waals surface area (Å²) in [5, 5.41) is 15.4. The molecule has 0 radical (unpaired) electrons. The number of alkyl halides is 3. The predicted molar refractivity (Wildman–Crippen MR) is 112 cm³/mol. The molecule has 32 heavy (non-hydrogen) atoms. The Bertz CT molecular complexity index is 1400. The van der Waals surface area contributed by atoms with E-state index in [1.165, 1.54) is 4.80 Å². The van der Waals surface area contributed by atoms with Gasteiger partial charge in [0, 0.05) is 18.1 Å². The molecule has 0 aliphatic heterocycles. The van der Waals surface area contributed by atoms with Gasteiger partial charge in [-0.3, -0.25) is 9.59 Å². The lowest BCUT2D eigenvalue weighted by Crippen LogP contribution is -2.31. The minimum Gasteiger partial charge on any atom is -0.324 e. The second-order valence-corrected chi connectivity index (χ2v) is 7.70. The summed E-state index contributed by atoms with van der Waals surface area (Å²) in [7, 11) is 1.68. The van der Waals surface area contributed by atoms with Crippen LogP contribution >= 0.6 is 0 Å². The van der Waals surface area contributed by atoms with Crippen molar-refractivity contribution in [1.29, 1.82) is 0 Å². The monoisotopic (exact) mass is 444 g/mol. The fourth-order valence-electron chi connectivity index (χ4n) is 3.46. The summed E-state index contributed by atoms with van der Waals surface area (Å²) in [6.45, 7) is 3.12. The van der Waals surface area contributed by atoms with Gasteiger partial charge in [-0.05, 0) is 42.3 Å². The highest BCUT2D eigenvalue weighted by molar-refractivity contribution is 5.93. The van der Waals surface area contributed by atoms with Crippen molar-refractivity contribution in [3.63, 3.8) is 0 Å². The molecule has 2 aromatic carbocycles. The Morgan fingerprint density at radius 1 is 1.03 bits per heavy atom. The van der Waals surface area contributed by atoms with Crippen molar-refractivity contribution in [1.82, 2.24) is 24.8 Å². The zero-order valence-corrected chi connectivity index (χ0v) is 17.4. The number of aryl methyl sites for hydroxylation is 1. The summed E-state index contributed by atoms with van der Waals surface area (Å²) in [4.78, 5) is 26.8. The van der Waals surface area contributed by atoms with Crippen molar-refractivity contribution in [2.75, 3.05) is 5.32 Å². The number of aromatic nitrogens is 5. The van der Waals surface area contributed by atoms with E-state index in [9.17, 15) is 22.8 Å². The van der Waals surface area contributed by atoms with Crippen LogP contribution in [0.15, 0.2) is 41.2 Å². The molecule has 0 spiro atoms. The second-order valence-electron chi connectivity index (χ2n) is 7.70. The van der Waals surface area contributed by atoms with E-state index in [1.807, 2.05) is 0 Å². The number of halogens is 3. The Morgan fingerprint density at radius 3 is 2.44 bits per heavy atom. The Labute approximate surface area is 179 Å². The quantitative estimate of drug-likeness (QED) is 0.520. The lowest BCUT2D eigenvalue weighted by Gasteiger charge is -2.15. The van der Waals surface area contributed by atoms with E-state index in [0.717, 1.165) is 22.9 Å². The number of carbonyl (C=O) groups excluding carboxylic acids is 1. The zero-order chi connectivity index (χ0) is 23.2. The zero-order valence-electron chi connectivity index (χ0n) is 17.4. The first kappa shape index (κ1) is 21.5. The normalized spacial score (nSPS) is 12.1. The molecule has 0 aliphatic carbocycles. The van der Waals surface area contributed by atoms with Crippen molar-refractivity contribution in [3.8, 4) is 0 Å². The fourth-order valence-corrected chi connectivity index (χ4v) is 3.46. The van der Waals surface area contributed by atoms with Crippen LogP contribution in [0.2, 0.25) is 0 Å². The largest absolute Gasteiger partial charge is 0.416 e. The van der Waals surface area contributed by atoms with Gasteiger partial charge in [0.25, 0.3) is 5.56 Å². The van der Waals surface area contributed by atoms with E-state index >= 15 is 0 Å². The molecule has 2 heterocycles. The van der Waals surface area contributed by atoms with Crippen LogP contribution < -0.4 is 10.9 Å². The van der Waals surface area contributed by atoms with E-state index < -0.39 is 29.8 Å². The number of nitrogens with zero attached hydrogens (tertiary/aromatic N) is 5. The molecule has 0 atom stereocenters. The SMILES string of the molecule is CC(C)c1nn(CC(=O)Nc2ccc3nn(C)nc3c2)c(=O)c2ccc(C(F)(F)F)cc12. The van der Waals surface area contributed by atoms with Gasteiger partial charge in [0.2, 0.25) is 5.91 Å². The highest BCUT2D eigenvalue weighted by Gasteiger charge is 2.31. The Kier molecular flexibility index (Phi) is 5.19. The number of nitrogens with one attached hydrogen (secondary N) is 1. The molecule has 0 saturated carbocycles. The van der Waals surface area contributed by atoms with Crippen LogP contribution in [0.1, 0.15) is 31.0 Å². The first-order chi connectivity index (χ1) is 15.0. The van der Waals surface area contributed by atoms with Crippen molar-refractivity contribution in [2.24, 2.45) is 7.05 Å². The standard InChI is InChI=1S/C21H19F3N6O2/c1-11(2)19-15-8-12(21(22,23)24)4-6-14(15)20(32)30(28-19)10-18(31)25-13-5-7-16-17(9-13)27-29(3)26-16/h4-9,11H,10H2,1-3H3,(H,25,31). The van der Waals surface area contributed by atoms with Crippen molar-refractivity contribution in [2.45, 2.75) is 32.5 Å².